The van der Waals surface area contributed by atoms with Crippen LogP contribution in [0.5, 0.6) is 5.75 Å². The summed E-state index contributed by atoms with van der Waals surface area (Å²) in [7, 11) is 0. The van der Waals surface area contributed by atoms with Crippen LogP contribution in [-0.2, 0) is 6.54 Å². The van der Waals surface area contributed by atoms with E-state index < -0.39 is 11.7 Å². The van der Waals surface area contributed by atoms with Crippen molar-refractivity contribution in [1.29, 1.82) is 0 Å². The summed E-state index contributed by atoms with van der Waals surface area (Å²) >= 11 is 3.12. The van der Waals surface area contributed by atoms with Gasteiger partial charge in [0.1, 0.15) is 29.4 Å². The molecule has 0 radical (unpaired) electrons. The lowest BCUT2D eigenvalue weighted by atomic mass is 10.1. The molecule has 142 valence electrons. The van der Waals surface area contributed by atoms with Crippen molar-refractivity contribution in [2.45, 2.75) is 13.0 Å². The van der Waals surface area contributed by atoms with Gasteiger partial charge in [0.2, 0.25) is 0 Å². The van der Waals surface area contributed by atoms with Crippen LogP contribution in [-0.4, -0.2) is 32.3 Å². The standard InChI is InChI=1S/C19H15BrFN5O2/c20-13-9-12-16(10-14(13)21)28-8-3-1-2-7-26-11-22-25-18(26)15-5-4-6-17(23-15)24-19(12)27/h1-2,4-6,9-11H,3,7-8H2,(H,23,24,27)/b2-1-. The highest BCUT2D eigenvalue weighted by Crippen LogP contribution is 2.28. The average molecular weight is 444 g/mol. The quantitative estimate of drug-likeness (QED) is 0.533. The van der Waals surface area contributed by atoms with Gasteiger partial charge in [0.25, 0.3) is 5.91 Å². The fourth-order valence-electron chi connectivity index (χ4n) is 2.77. The number of aromatic nitrogens is 4. The van der Waals surface area contributed by atoms with Gasteiger partial charge in [-0.15, -0.1) is 10.2 Å². The molecule has 0 fully saturated rings. The molecule has 4 rings (SSSR count). The Morgan fingerprint density at radius 3 is 3.04 bits per heavy atom. The number of ether oxygens (including phenoxy) is 1. The third kappa shape index (κ3) is 3.79. The lowest BCUT2D eigenvalue weighted by molar-refractivity contribution is 0.102. The van der Waals surface area contributed by atoms with E-state index in [0.29, 0.717) is 36.9 Å². The number of anilines is 1. The van der Waals surface area contributed by atoms with Crippen LogP contribution in [0.4, 0.5) is 10.2 Å². The van der Waals surface area contributed by atoms with Gasteiger partial charge in [-0.25, -0.2) is 9.37 Å². The highest BCUT2D eigenvalue weighted by molar-refractivity contribution is 9.10. The number of carbonyl (C=O) groups is 1. The van der Waals surface area contributed by atoms with E-state index in [1.807, 2.05) is 16.7 Å². The van der Waals surface area contributed by atoms with Crippen molar-refractivity contribution in [3.05, 3.63) is 64.7 Å². The molecular formula is C19H15BrFN5O2. The largest absolute Gasteiger partial charge is 0.492 e. The Kier molecular flexibility index (Phi) is 5.16. The van der Waals surface area contributed by atoms with E-state index in [1.54, 1.807) is 24.5 Å². The van der Waals surface area contributed by atoms with Crippen molar-refractivity contribution >= 4 is 27.7 Å². The van der Waals surface area contributed by atoms with Gasteiger partial charge >= 0.3 is 0 Å². The minimum absolute atomic E-state index is 0.176. The number of nitrogens with one attached hydrogen (secondary N) is 1. The molecule has 7 nitrogen and oxygen atoms in total. The number of benzene rings is 1. The second kappa shape index (κ2) is 7.89. The molecule has 3 aromatic rings. The summed E-state index contributed by atoms with van der Waals surface area (Å²) in [5.74, 6) is 0.158. The van der Waals surface area contributed by atoms with E-state index in [9.17, 15) is 9.18 Å². The van der Waals surface area contributed by atoms with Crippen molar-refractivity contribution in [1.82, 2.24) is 19.7 Å². The number of rotatable bonds is 0. The maximum absolute atomic E-state index is 14.0. The van der Waals surface area contributed by atoms with Crippen LogP contribution in [0, 0.1) is 5.82 Å². The minimum atomic E-state index is -0.502. The molecule has 2 aromatic heterocycles. The van der Waals surface area contributed by atoms with E-state index >= 15 is 0 Å². The van der Waals surface area contributed by atoms with Crippen molar-refractivity contribution in [3.8, 4) is 17.3 Å². The summed E-state index contributed by atoms with van der Waals surface area (Å²) in [4.78, 5) is 17.2. The molecule has 1 aliphatic rings. The van der Waals surface area contributed by atoms with E-state index in [-0.39, 0.29) is 15.8 Å². The molecular weight excluding hydrogens is 429 g/mol. The molecule has 28 heavy (non-hydrogen) atoms. The van der Waals surface area contributed by atoms with Gasteiger partial charge < -0.3 is 14.6 Å². The Morgan fingerprint density at radius 2 is 2.14 bits per heavy atom. The molecule has 1 amide bonds. The fourth-order valence-corrected chi connectivity index (χ4v) is 3.11. The molecule has 0 atom stereocenters. The number of carbonyl (C=O) groups excluding carboxylic acids is 1. The molecule has 3 heterocycles. The molecule has 1 aliphatic heterocycles. The maximum Gasteiger partial charge on any atom is 0.260 e. The van der Waals surface area contributed by atoms with Crippen LogP contribution < -0.4 is 10.1 Å². The van der Waals surface area contributed by atoms with Gasteiger partial charge in [-0.1, -0.05) is 18.2 Å². The van der Waals surface area contributed by atoms with Crippen LogP contribution in [0.25, 0.3) is 11.5 Å². The maximum atomic E-state index is 14.0. The van der Waals surface area contributed by atoms with E-state index in [1.165, 1.54) is 12.1 Å². The first-order chi connectivity index (χ1) is 13.6. The third-order valence-electron chi connectivity index (χ3n) is 4.11. The SMILES string of the molecule is O=C1Nc2cccc(n2)-c2nncn2C/C=C\CCOc2cc(F)c(Br)cc21. The number of nitrogens with zero attached hydrogens (tertiary/aromatic N) is 4. The predicted molar refractivity (Wildman–Crippen MR) is 105 cm³/mol. The molecule has 9 heteroatoms. The zero-order chi connectivity index (χ0) is 19.5. The Bertz CT molecular complexity index is 1070. The summed E-state index contributed by atoms with van der Waals surface area (Å²) in [5, 5.41) is 10.8. The Morgan fingerprint density at radius 1 is 1.25 bits per heavy atom. The fraction of sp³-hybridized carbons (Fsp3) is 0.158. The van der Waals surface area contributed by atoms with Gasteiger partial charge in [0.15, 0.2) is 5.82 Å². The van der Waals surface area contributed by atoms with E-state index in [0.717, 1.165) is 0 Å². The second-order valence-corrected chi connectivity index (χ2v) is 6.89. The number of halogens is 2. The number of fused-ring (bicyclic) bond motifs is 5. The van der Waals surface area contributed by atoms with Crippen molar-refractivity contribution < 1.29 is 13.9 Å². The summed E-state index contributed by atoms with van der Waals surface area (Å²) in [6.45, 7) is 0.873. The van der Waals surface area contributed by atoms with Crippen molar-refractivity contribution in [3.63, 3.8) is 0 Å². The summed E-state index contributed by atoms with van der Waals surface area (Å²) < 4.78 is 21.6. The topological polar surface area (TPSA) is 81.9 Å². The van der Waals surface area contributed by atoms with Crippen molar-refractivity contribution in [2.75, 3.05) is 11.9 Å². The zero-order valence-corrected chi connectivity index (χ0v) is 16.2. The Balaban J connectivity index is 1.76. The summed E-state index contributed by atoms with van der Waals surface area (Å²) in [6.07, 6.45) is 6.13. The van der Waals surface area contributed by atoms with Gasteiger partial charge in [0.05, 0.1) is 16.6 Å². The molecule has 0 aliphatic carbocycles. The molecule has 1 aromatic carbocycles. The van der Waals surface area contributed by atoms with E-state index in [4.69, 9.17) is 4.74 Å². The predicted octanol–water partition coefficient (Wildman–Crippen LogP) is 3.83. The molecule has 0 unspecified atom stereocenters. The van der Waals surface area contributed by atoms with Gasteiger partial charge in [-0.2, -0.15) is 0 Å². The summed E-state index contributed by atoms with van der Waals surface area (Å²) in [6, 6.07) is 7.82. The first-order valence-electron chi connectivity index (χ1n) is 8.55. The highest BCUT2D eigenvalue weighted by Gasteiger charge is 2.18. The van der Waals surface area contributed by atoms with Gasteiger partial charge in [0, 0.05) is 12.6 Å². The first-order valence-corrected chi connectivity index (χ1v) is 9.34. The molecule has 0 spiro atoms. The van der Waals surface area contributed by atoms with Crippen LogP contribution in [0.3, 0.4) is 0 Å². The number of amides is 1. The van der Waals surface area contributed by atoms with Gasteiger partial charge in [-0.3, -0.25) is 4.79 Å². The number of allylic oxidation sites excluding steroid dienone is 1. The van der Waals surface area contributed by atoms with E-state index in [2.05, 4.69) is 36.4 Å². The third-order valence-corrected chi connectivity index (χ3v) is 4.72. The Labute approximate surface area is 168 Å². The smallest absolute Gasteiger partial charge is 0.260 e. The Hall–Kier alpha value is -3.07. The van der Waals surface area contributed by atoms with Crippen LogP contribution in [0.15, 0.2) is 53.3 Å². The first kappa shape index (κ1) is 18.3. The highest BCUT2D eigenvalue weighted by atomic mass is 79.9. The van der Waals surface area contributed by atoms with Crippen LogP contribution >= 0.6 is 15.9 Å². The molecule has 0 saturated heterocycles. The lowest BCUT2D eigenvalue weighted by Crippen LogP contribution is -2.15. The van der Waals surface area contributed by atoms with Crippen LogP contribution in [0.1, 0.15) is 16.8 Å². The average Bonchev–Trinajstić information content (AvgIpc) is 3.15. The number of hydrogen-bond acceptors (Lipinski definition) is 5. The molecule has 2 bridgehead atoms. The number of hydrogen-bond donors (Lipinski definition) is 1. The lowest BCUT2D eigenvalue weighted by Gasteiger charge is -2.12. The van der Waals surface area contributed by atoms with Crippen molar-refractivity contribution in [2.24, 2.45) is 0 Å². The van der Waals surface area contributed by atoms with Gasteiger partial charge in [-0.05, 0) is 40.5 Å². The molecule has 1 N–H and O–H groups in total. The normalized spacial score (nSPS) is 15.3. The molecule has 0 saturated carbocycles. The monoisotopic (exact) mass is 443 g/mol. The minimum Gasteiger partial charge on any atom is -0.492 e. The zero-order valence-electron chi connectivity index (χ0n) is 14.6. The number of pyridine rings is 1. The summed E-state index contributed by atoms with van der Waals surface area (Å²) in [5.41, 5.74) is 0.790. The van der Waals surface area contributed by atoms with Crippen LogP contribution in [0.2, 0.25) is 0 Å². The second-order valence-electron chi connectivity index (χ2n) is 6.04.